The fourth-order valence-electron chi connectivity index (χ4n) is 2.82. The molecular weight excluding hydrogens is 418 g/mol. The van der Waals surface area contributed by atoms with Gasteiger partial charge in [0.1, 0.15) is 18.1 Å². The van der Waals surface area contributed by atoms with Gasteiger partial charge in [0, 0.05) is 6.42 Å². The van der Waals surface area contributed by atoms with Gasteiger partial charge in [0.25, 0.3) is 0 Å². The molecule has 1 aromatic rings. The first-order valence-corrected chi connectivity index (χ1v) is 10.1. The molecule has 0 saturated heterocycles. The smallest absolute Gasteiger partial charge is 0.326 e. The quantitative estimate of drug-likeness (QED) is 0.227. The molecule has 1 rings (SSSR count). The van der Waals surface area contributed by atoms with Gasteiger partial charge in [-0.05, 0) is 18.4 Å². The van der Waals surface area contributed by atoms with E-state index in [9.17, 15) is 29.1 Å². The molecule has 0 aliphatic rings. The van der Waals surface area contributed by atoms with Gasteiger partial charge in [-0.2, -0.15) is 0 Å². The van der Waals surface area contributed by atoms with Crippen molar-refractivity contribution in [2.45, 2.75) is 57.8 Å². The molecule has 0 saturated carbocycles. The maximum atomic E-state index is 12.6. The minimum absolute atomic E-state index is 0.0744. The Morgan fingerprint density at radius 1 is 0.906 bits per heavy atom. The Kier molecular flexibility index (Phi) is 10.3. The summed E-state index contributed by atoms with van der Waals surface area (Å²) < 4.78 is 0. The Hall–Kier alpha value is -3.47. The molecule has 0 fully saturated rings. The predicted octanol–water partition coefficient (Wildman–Crippen LogP) is -1.35. The molecule has 4 unspecified atom stereocenters. The highest BCUT2D eigenvalue weighted by molar-refractivity contribution is 5.95. The summed E-state index contributed by atoms with van der Waals surface area (Å²) in [4.78, 5) is 59.7. The van der Waals surface area contributed by atoms with E-state index in [1.54, 1.807) is 44.2 Å². The molecule has 0 bridgehead atoms. The Morgan fingerprint density at radius 3 is 2.00 bits per heavy atom. The number of nitrogens with one attached hydrogen (secondary N) is 3. The highest BCUT2D eigenvalue weighted by Crippen LogP contribution is 2.06. The molecule has 0 radical (unpaired) electrons. The molecule has 0 aliphatic heterocycles. The molecule has 11 nitrogen and oxygen atoms in total. The van der Waals surface area contributed by atoms with E-state index in [2.05, 4.69) is 16.0 Å². The van der Waals surface area contributed by atoms with Crippen LogP contribution in [0.25, 0.3) is 0 Å². The summed E-state index contributed by atoms with van der Waals surface area (Å²) in [5.41, 5.74) is 11.4. The maximum Gasteiger partial charge on any atom is 0.326 e. The Morgan fingerprint density at radius 2 is 1.50 bits per heavy atom. The van der Waals surface area contributed by atoms with Crippen LogP contribution < -0.4 is 27.4 Å². The van der Waals surface area contributed by atoms with Crippen molar-refractivity contribution in [1.29, 1.82) is 0 Å². The number of carboxylic acids is 1. The van der Waals surface area contributed by atoms with Crippen LogP contribution in [0.5, 0.6) is 0 Å². The van der Waals surface area contributed by atoms with Gasteiger partial charge in [0.05, 0.1) is 12.5 Å². The van der Waals surface area contributed by atoms with Gasteiger partial charge in [-0.1, -0.05) is 44.2 Å². The number of hydrogen-bond acceptors (Lipinski definition) is 6. The van der Waals surface area contributed by atoms with E-state index in [4.69, 9.17) is 11.5 Å². The molecular formula is C21H31N5O6. The summed E-state index contributed by atoms with van der Waals surface area (Å²) in [7, 11) is 0. The van der Waals surface area contributed by atoms with Crippen molar-refractivity contribution in [3.8, 4) is 0 Å². The second-order valence-electron chi connectivity index (χ2n) is 7.83. The van der Waals surface area contributed by atoms with Crippen molar-refractivity contribution in [3.63, 3.8) is 0 Å². The minimum Gasteiger partial charge on any atom is -0.480 e. The number of amides is 4. The minimum atomic E-state index is -1.21. The first-order valence-electron chi connectivity index (χ1n) is 10.1. The van der Waals surface area contributed by atoms with Gasteiger partial charge in [0.2, 0.25) is 23.6 Å². The second kappa shape index (κ2) is 12.4. The van der Waals surface area contributed by atoms with Crippen molar-refractivity contribution in [1.82, 2.24) is 16.0 Å². The molecule has 0 heterocycles. The zero-order valence-corrected chi connectivity index (χ0v) is 18.3. The fraction of sp³-hybridized carbons (Fsp3) is 0.476. The number of hydrogen-bond donors (Lipinski definition) is 6. The summed E-state index contributed by atoms with van der Waals surface area (Å²) >= 11 is 0. The summed E-state index contributed by atoms with van der Waals surface area (Å²) in [5.74, 6) is -4.41. The largest absolute Gasteiger partial charge is 0.480 e. The van der Waals surface area contributed by atoms with E-state index < -0.39 is 53.8 Å². The van der Waals surface area contributed by atoms with Crippen LogP contribution in [0.2, 0.25) is 0 Å². The summed E-state index contributed by atoms with van der Waals surface area (Å²) in [6, 6.07) is 4.30. The number of aliphatic carboxylic acids is 1. The summed E-state index contributed by atoms with van der Waals surface area (Å²) in [6.45, 7) is 4.75. The average molecular weight is 450 g/mol. The molecule has 11 heteroatoms. The zero-order chi connectivity index (χ0) is 24.4. The molecule has 4 atom stereocenters. The third-order valence-corrected chi connectivity index (χ3v) is 4.65. The predicted molar refractivity (Wildman–Crippen MR) is 116 cm³/mol. The Bertz CT molecular complexity index is 829. The number of carboxylic acid groups (broad SMARTS) is 1. The Labute approximate surface area is 186 Å². The van der Waals surface area contributed by atoms with E-state index in [1.165, 1.54) is 6.92 Å². The first-order chi connectivity index (χ1) is 14.9. The van der Waals surface area contributed by atoms with Crippen LogP contribution in [-0.2, 0) is 30.4 Å². The van der Waals surface area contributed by atoms with Crippen LogP contribution in [0.4, 0.5) is 0 Å². The SMILES string of the molecule is CC(NC(=O)C(NC(=O)C(N)CC(N)=O)C(C)C)C(=O)NC(Cc1ccccc1)C(=O)O. The number of benzene rings is 1. The molecule has 0 spiro atoms. The molecule has 1 aromatic carbocycles. The van der Waals surface area contributed by atoms with E-state index in [0.29, 0.717) is 0 Å². The van der Waals surface area contributed by atoms with Crippen molar-refractivity contribution in [3.05, 3.63) is 35.9 Å². The maximum absolute atomic E-state index is 12.6. The Balaban J connectivity index is 2.75. The monoisotopic (exact) mass is 449 g/mol. The lowest BCUT2D eigenvalue weighted by Crippen LogP contribution is -2.58. The number of carbonyl (C=O) groups is 5. The summed E-state index contributed by atoms with van der Waals surface area (Å²) in [6.07, 6.45) is -0.305. The van der Waals surface area contributed by atoms with Crippen LogP contribution in [0, 0.1) is 5.92 Å². The third-order valence-electron chi connectivity index (χ3n) is 4.65. The van der Waals surface area contributed by atoms with E-state index in [-0.39, 0.29) is 18.8 Å². The number of primary amides is 1. The van der Waals surface area contributed by atoms with Crippen molar-refractivity contribution < 1.29 is 29.1 Å². The van der Waals surface area contributed by atoms with Gasteiger partial charge in [0.15, 0.2) is 0 Å². The van der Waals surface area contributed by atoms with E-state index in [1.807, 2.05) is 0 Å². The highest BCUT2D eigenvalue weighted by Gasteiger charge is 2.30. The molecule has 176 valence electrons. The van der Waals surface area contributed by atoms with Crippen molar-refractivity contribution in [2.24, 2.45) is 17.4 Å². The molecule has 0 aliphatic carbocycles. The first kappa shape index (κ1) is 26.6. The van der Waals surface area contributed by atoms with Crippen LogP contribution >= 0.6 is 0 Å². The van der Waals surface area contributed by atoms with Crippen LogP contribution in [0.1, 0.15) is 32.8 Å². The summed E-state index contributed by atoms with van der Waals surface area (Å²) in [5, 5.41) is 16.7. The van der Waals surface area contributed by atoms with Crippen LogP contribution in [0.3, 0.4) is 0 Å². The lowest BCUT2D eigenvalue weighted by molar-refractivity contribution is -0.142. The molecule has 32 heavy (non-hydrogen) atoms. The van der Waals surface area contributed by atoms with Gasteiger partial charge < -0.3 is 32.5 Å². The normalized spacial score (nSPS) is 14.5. The fourth-order valence-corrected chi connectivity index (χ4v) is 2.82. The third kappa shape index (κ3) is 8.72. The van der Waals surface area contributed by atoms with E-state index in [0.717, 1.165) is 5.56 Å². The van der Waals surface area contributed by atoms with Gasteiger partial charge in [-0.15, -0.1) is 0 Å². The van der Waals surface area contributed by atoms with E-state index >= 15 is 0 Å². The van der Waals surface area contributed by atoms with Crippen LogP contribution in [0.15, 0.2) is 30.3 Å². The van der Waals surface area contributed by atoms with Gasteiger partial charge in [-0.25, -0.2) is 4.79 Å². The topological polar surface area (TPSA) is 194 Å². The molecule has 0 aromatic heterocycles. The molecule has 4 amide bonds. The lowest BCUT2D eigenvalue weighted by Gasteiger charge is -2.25. The number of nitrogens with two attached hydrogens (primary N) is 2. The standard InChI is InChI=1S/C21H31N5O6/c1-11(2)17(26-19(29)14(22)10-16(23)27)20(30)24-12(3)18(28)25-15(21(31)32)9-13-7-5-4-6-8-13/h4-8,11-12,14-15,17H,9-10,22H2,1-3H3,(H2,23,27)(H,24,30)(H,25,28)(H,26,29)(H,31,32). The van der Waals surface area contributed by atoms with Crippen molar-refractivity contribution >= 4 is 29.6 Å². The highest BCUT2D eigenvalue weighted by atomic mass is 16.4. The second-order valence-corrected chi connectivity index (χ2v) is 7.83. The van der Waals surface area contributed by atoms with Gasteiger partial charge in [-0.3, -0.25) is 19.2 Å². The molecule has 8 N–H and O–H groups in total. The number of carbonyl (C=O) groups excluding carboxylic acids is 4. The van der Waals surface area contributed by atoms with Gasteiger partial charge >= 0.3 is 5.97 Å². The van der Waals surface area contributed by atoms with Crippen LogP contribution in [-0.4, -0.2) is 58.9 Å². The lowest BCUT2D eigenvalue weighted by atomic mass is 10.0. The number of rotatable bonds is 12. The average Bonchev–Trinajstić information content (AvgIpc) is 2.70. The zero-order valence-electron chi connectivity index (χ0n) is 18.3. The van der Waals surface area contributed by atoms with Crippen molar-refractivity contribution in [2.75, 3.05) is 0 Å².